The molecule has 1 atom stereocenters. The first-order chi connectivity index (χ1) is 14.2. The van der Waals surface area contributed by atoms with Crippen molar-refractivity contribution in [2.45, 2.75) is 65.7 Å². The summed E-state index contributed by atoms with van der Waals surface area (Å²) in [7, 11) is 1.67. The van der Waals surface area contributed by atoms with Crippen LogP contribution in [0.4, 0.5) is 0 Å². The molecule has 0 N–H and O–H groups in total. The van der Waals surface area contributed by atoms with E-state index in [1.165, 1.54) is 22.3 Å². The predicted molar refractivity (Wildman–Crippen MR) is 118 cm³/mol. The number of carbonyl (C=O) groups is 2. The molecule has 0 saturated heterocycles. The number of Topliss-reactive ketones (excluding diaryl/α,β-unsaturated/α-hetero) is 1. The zero-order valence-corrected chi connectivity index (χ0v) is 18.7. The molecule has 1 aliphatic carbocycles. The van der Waals surface area contributed by atoms with Crippen LogP contribution in [0.25, 0.3) is 0 Å². The number of hydrogen-bond acceptors (Lipinski definition) is 4. The summed E-state index contributed by atoms with van der Waals surface area (Å²) < 4.78 is 11.0. The highest BCUT2D eigenvalue weighted by atomic mass is 16.5. The Bertz CT molecular complexity index is 937. The summed E-state index contributed by atoms with van der Waals surface area (Å²) in [5.41, 5.74) is 4.55. The van der Waals surface area contributed by atoms with Gasteiger partial charge in [0.05, 0.1) is 12.5 Å². The molecule has 0 aromatic heterocycles. The third kappa shape index (κ3) is 5.29. The number of rotatable bonds is 6. The predicted octanol–water partition coefficient (Wildman–Crippen LogP) is 5.44. The van der Waals surface area contributed by atoms with E-state index in [4.69, 9.17) is 9.47 Å². The Hall–Kier alpha value is -2.62. The van der Waals surface area contributed by atoms with E-state index in [1.807, 2.05) is 39.0 Å². The minimum Gasteiger partial charge on any atom is -0.497 e. The molecule has 0 aliphatic heterocycles. The minimum absolute atomic E-state index is 0.204. The van der Waals surface area contributed by atoms with Crippen LogP contribution in [0.2, 0.25) is 0 Å². The summed E-state index contributed by atoms with van der Waals surface area (Å²) in [5, 5.41) is 0. The first-order valence-corrected chi connectivity index (χ1v) is 10.7. The molecule has 0 unspecified atom stereocenters. The normalized spacial score (nSPS) is 16.0. The van der Waals surface area contributed by atoms with Gasteiger partial charge in [0.15, 0.2) is 0 Å². The molecule has 0 fully saturated rings. The van der Waals surface area contributed by atoms with Crippen molar-refractivity contribution in [1.82, 2.24) is 0 Å². The van der Waals surface area contributed by atoms with E-state index in [2.05, 4.69) is 18.2 Å². The standard InChI is InChI=1S/C26H32O4/c1-17(27)6-7-21-16-22(29-5)12-13-24(21)20-9-8-19-15-23(11-10-18(19)14-20)30-25(28)26(2,3)4/h10-13,15-16,20H,6-9,14H2,1-5H3/t20-/m1/s1. The van der Waals surface area contributed by atoms with Crippen LogP contribution in [0.1, 0.15) is 68.7 Å². The molecule has 4 nitrogen and oxygen atoms in total. The van der Waals surface area contributed by atoms with Crippen LogP contribution in [0, 0.1) is 5.41 Å². The molecule has 0 bridgehead atoms. The first kappa shape index (κ1) is 22.1. The Morgan fingerprint density at radius 3 is 2.43 bits per heavy atom. The molecular weight excluding hydrogens is 376 g/mol. The average Bonchev–Trinajstić information content (AvgIpc) is 2.71. The van der Waals surface area contributed by atoms with Crippen LogP contribution < -0.4 is 9.47 Å². The molecule has 2 aromatic rings. The number of methoxy groups -OCH3 is 1. The average molecular weight is 409 g/mol. The van der Waals surface area contributed by atoms with Crippen molar-refractivity contribution in [1.29, 1.82) is 0 Å². The maximum absolute atomic E-state index is 12.2. The highest BCUT2D eigenvalue weighted by Crippen LogP contribution is 2.37. The summed E-state index contributed by atoms with van der Waals surface area (Å²) in [6.45, 7) is 7.21. The second-order valence-corrected chi connectivity index (χ2v) is 9.28. The van der Waals surface area contributed by atoms with E-state index in [-0.39, 0.29) is 11.8 Å². The van der Waals surface area contributed by atoms with Crippen LogP contribution >= 0.6 is 0 Å². The summed E-state index contributed by atoms with van der Waals surface area (Å²) in [6, 6.07) is 12.2. The van der Waals surface area contributed by atoms with E-state index < -0.39 is 5.41 Å². The van der Waals surface area contributed by atoms with Crippen LogP contribution in [-0.2, 0) is 28.9 Å². The van der Waals surface area contributed by atoms with Crippen LogP contribution in [0.5, 0.6) is 11.5 Å². The van der Waals surface area contributed by atoms with Gasteiger partial charge in [-0.25, -0.2) is 0 Å². The fraction of sp³-hybridized carbons (Fsp3) is 0.462. The molecule has 0 amide bonds. The zero-order valence-electron chi connectivity index (χ0n) is 18.7. The number of hydrogen-bond donors (Lipinski definition) is 0. The van der Waals surface area contributed by atoms with Gasteiger partial charge in [0.25, 0.3) is 0 Å². The second kappa shape index (κ2) is 9.03. The molecule has 4 heteroatoms. The fourth-order valence-electron chi connectivity index (χ4n) is 3.96. The summed E-state index contributed by atoms with van der Waals surface area (Å²) in [5.74, 6) is 1.85. The van der Waals surface area contributed by atoms with Gasteiger partial charge in [-0.3, -0.25) is 4.79 Å². The summed E-state index contributed by atoms with van der Waals surface area (Å²) in [4.78, 5) is 23.7. The monoisotopic (exact) mass is 408 g/mol. The van der Waals surface area contributed by atoms with Crippen LogP contribution in [-0.4, -0.2) is 18.9 Å². The highest BCUT2D eigenvalue weighted by molar-refractivity contribution is 5.78. The largest absolute Gasteiger partial charge is 0.497 e. The first-order valence-electron chi connectivity index (χ1n) is 10.7. The van der Waals surface area contributed by atoms with Crippen molar-refractivity contribution in [2.75, 3.05) is 7.11 Å². The van der Waals surface area contributed by atoms with Gasteiger partial charge in [-0.05, 0) is 106 Å². The van der Waals surface area contributed by atoms with Gasteiger partial charge in [0, 0.05) is 6.42 Å². The molecule has 0 spiro atoms. The molecule has 0 heterocycles. The molecule has 3 rings (SSSR count). The second-order valence-electron chi connectivity index (χ2n) is 9.28. The van der Waals surface area contributed by atoms with Gasteiger partial charge in [-0.1, -0.05) is 12.1 Å². The third-order valence-corrected chi connectivity index (χ3v) is 5.77. The van der Waals surface area contributed by atoms with Gasteiger partial charge in [0.1, 0.15) is 17.3 Å². The summed E-state index contributed by atoms with van der Waals surface area (Å²) in [6.07, 6.45) is 4.21. The Labute approximate surface area is 179 Å². The maximum atomic E-state index is 12.2. The molecule has 0 saturated carbocycles. The molecule has 2 aromatic carbocycles. The molecule has 160 valence electrons. The van der Waals surface area contributed by atoms with Crippen molar-refractivity contribution in [3.05, 3.63) is 58.7 Å². The Balaban J connectivity index is 1.79. The maximum Gasteiger partial charge on any atom is 0.316 e. The summed E-state index contributed by atoms with van der Waals surface area (Å²) >= 11 is 0. The van der Waals surface area contributed by atoms with Gasteiger partial charge >= 0.3 is 5.97 Å². The third-order valence-electron chi connectivity index (χ3n) is 5.77. The van der Waals surface area contributed by atoms with Gasteiger partial charge in [0.2, 0.25) is 0 Å². The number of esters is 1. The number of benzene rings is 2. The van der Waals surface area contributed by atoms with E-state index >= 15 is 0 Å². The highest BCUT2D eigenvalue weighted by Gasteiger charge is 2.26. The van der Waals surface area contributed by atoms with Crippen molar-refractivity contribution >= 4 is 11.8 Å². The topological polar surface area (TPSA) is 52.6 Å². The molecular formula is C26H32O4. The Morgan fingerprint density at radius 1 is 1.03 bits per heavy atom. The number of ether oxygens (including phenoxy) is 2. The Morgan fingerprint density at radius 2 is 1.77 bits per heavy atom. The lowest BCUT2D eigenvalue weighted by atomic mass is 9.78. The smallest absolute Gasteiger partial charge is 0.316 e. The lowest BCUT2D eigenvalue weighted by Crippen LogP contribution is -2.25. The number of aryl methyl sites for hydroxylation is 2. The fourth-order valence-corrected chi connectivity index (χ4v) is 3.96. The Kier molecular flexibility index (Phi) is 6.64. The molecule has 1 aliphatic rings. The zero-order chi connectivity index (χ0) is 21.9. The molecule has 30 heavy (non-hydrogen) atoms. The van der Waals surface area contributed by atoms with Crippen LogP contribution in [0.15, 0.2) is 36.4 Å². The number of fused-ring (bicyclic) bond motifs is 1. The number of ketones is 1. The van der Waals surface area contributed by atoms with Crippen molar-refractivity contribution < 1.29 is 19.1 Å². The van der Waals surface area contributed by atoms with Gasteiger partial charge < -0.3 is 14.3 Å². The number of carbonyl (C=O) groups excluding carboxylic acids is 2. The molecule has 0 radical (unpaired) electrons. The van der Waals surface area contributed by atoms with E-state index in [0.29, 0.717) is 18.1 Å². The lowest BCUT2D eigenvalue weighted by molar-refractivity contribution is -0.143. The van der Waals surface area contributed by atoms with Crippen molar-refractivity contribution in [3.8, 4) is 11.5 Å². The van der Waals surface area contributed by atoms with E-state index in [0.717, 1.165) is 31.4 Å². The van der Waals surface area contributed by atoms with Crippen LogP contribution in [0.3, 0.4) is 0 Å². The van der Waals surface area contributed by atoms with Crippen molar-refractivity contribution in [2.24, 2.45) is 5.41 Å². The quantitative estimate of drug-likeness (QED) is 0.472. The van der Waals surface area contributed by atoms with E-state index in [1.54, 1.807) is 14.0 Å². The SMILES string of the molecule is COc1ccc([C@@H]2CCc3cc(OC(=O)C(C)(C)C)ccc3C2)c(CCC(C)=O)c1. The van der Waals surface area contributed by atoms with Gasteiger partial charge in [-0.15, -0.1) is 0 Å². The van der Waals surface area contributed by atoms with E-state index in [9.17, 15) is 9.59 Å². The van der Waals surface area contributed by atoms with Crippen molar-refractivity contribution in [3.63, 3.8) is 0 Å². The van der Waals surface area contributed by atoms with Gasteiger partial charge in [-0.2, -0.15) is 0 Å². The lowest BCUT2D eigenvalue weighted by Gasteiger charge is -2.27. The minimum atomic E-state index is -0.522.